The van der Waals surface area contributed by atoms with Crippen molar-refractivity contribution in [3.63, 3.8) is 0 Å². The Morgan fingerprint density at radius 2 is 2.12 bits per heavy atom. The van der Waals surface area contributed by atoms with Gasteiger partial charge in [0.05, 0.1) is 11.9 Å². The van der Waals surface area contributed by atoms with Crippen LogP contribution < -0.4 is 9.62 Å². The molecule has 0 fully saturated rings. The molecule has 0 saturated carbocycles. The lowest BCUT2D eigenvalue weighted by molar-refractivity contribution is -0.114. The van der Waals surface area contributed by atoms with Gasteiger partial charge in [-0.15, -0.1) is 10.2 Å². The number of hydrogen-bond acceptors (Lipinski definition) is 7. The molecule has 0 atom stereocenters. The number of aromatic nitrogens is 2. The first-order valence-electron chi connectivity index (χ1n) is 7.70. The number of thioether (sulfide) groups is 1. The summed E-state index contributed by atoms with van der Waals surface area (Å²) in [5.74, 6) is 0.424. The van der Waals surface area contributed by atoms with E-state index in [0.717, 1.165) is 27.1 Å². The number of carbonyl (C=O) groups is 1. The summed E-state index contributed by atoms with van der Waals surface area (Å²) in [6, 6.07) is 4.81. The molecular formula is C15H19ClN4O3S3. The second-order valence-electron chi connectivity index (χ2n) is 5.47. The maximum atomic E-state index is 12.3. The number of sulfonamides is 1. The SMILES string of the molecule is CCCSc1nnc(NC(=O)CN(c2ccc(Cl)cc2C)S(C)(=O)=O)s1. The summed E-state index contributed by atoms with van der Waals surface area (Å²) < 4.78 is 26.1. The summed E-state index contributed by atoms with van der Waals surface area (Å²) in [5, 5.41) is 11.3. The van der Waals surface area contributed by atoms with Gasteiger partial charge in [-0.25, -0.2) is 8.42 Å². The van der Waals surface area contributed by atoms with Crippen molar-refractivity contribution in [1.29, 1.82) is 0 Å². The number of rotatable bonds is 8. The fourth-order valence-corrected chi connectivity index (χ4v) is 4.91. The number of hydrogen-bond donors (Lipinski definition) is 1. The van der Waals surface area contributed by atoms with E-state index in [1.165, 1.54) is 11.3 Å². The molecule has 2 aromatic rings. The van der Waals surface area contributed by atoms with Crippen LogP contribution in [-0.4, -0.2) is 43.1 Å². The van der Waals surface area contributed by atoms with E-state index >= 15 is 0 Å². The molecular weight excluding hydrogens is 416 g/mol. The Labute approximate surface area is 166 Å². The Morgan fingerprint density at radius 3 is 2.73 bits per heavy atom. The van der Waals surface area contributed by atoms with Gasteiger partial charge in [0, 0.05) is 10.8 Å². The van der Waals surface area contributed by atoms with Gasteiger partial charge in [-0.1, -0.05) is 41.6 Å². The van der Waals surface area contributed by atoms with Crippen molar-refractivity contribution < 1.29 is 13.2 Å². The van der Waals surface area contributed by atoms with Crippen molar-refractivity contribution in [2.24, 2.45) is 0 Å². The average molecular weight is 435 g/mol. The number of nitrogens with zero attached hydrogens (tertiary/aromatic N) is 3. The molecule has 11 heteroatoms. The molecule has 1 N–H and O–H groups in total. The number of aryl methyl sites for hydroxylation is 1. The Morgan fingerprint density at radius 1 is 1.38 bits per heavy atom. The van der Waals surface area contributed by atoms with Crippen molar-refractivity contribution in [3.8, 4) is 0 Å². The first kappa shape index (κ1) is 20.9. The van der Waals surface area contributed by atoms with Crippen LogP contribution in [0.2, 0.25) is 5.02 Å². The van der Waals surface area contributed by atoms with Crippen LogP contribution in [0.15, 0.2) is 22.5 Å². The fraction of sp³-hybridized carbons (Fsp3) is 0.400. The van der Waals surface area contributed by atoms with E-state index in [1.54, 1.807) is 36.9 Å². The fourth-order valence-electron chi connectivity index (χ4n) is 2.08. The molecule has 0 aliphatic rings. The third-order valence-electron chi connectivity index (χ3n) is 3.20. The van der Waals surface area contributed by atoms with Gasteiger partial charge in [-0.2, -0.15) is 0 Å². The lowest BCUT2D eigenvalue weighted by Gasteiger charge is -2.23. The first-order chi connectivity index (χ1) is 12.2. The van der Waals surface area contributed by atoms with E-state index in [4.69, 9.17) is 11.6 Å². The lowest BCUT2D eigenvalue weighted by Crippen LogP contribution is -2.37. The van der Waals surface area contributed by atoms with Crippen LogP contribution in [0.5, 0.6) is 0 Å². The molecule has 0 radical (unpaired) electrons. The quantitative estimate of drug-likeness (QED) is 0.505. The second-order valence-corrected chi connectivity index (χ2v) is 10.1. The molecule has 0 aliphatic carbocycles. The van der Waals surface area contributed by atoms with Crippen molar-refractivity contribution in [3.05, 3.63) is 28.8 Å². The van der Waals surface area contributed by atoms with Crippen LogP contribution in [0.3, 0.4) is 0 Å². The predicted molar refractivity (Wildman–Crippen MR) is 108 cm³/mol. The minimum absolute atomic E-state index is 0.342. The third kappa shape index (κ3) is 5.83. The number of benzene rings is 1. The van der Waals surface area contributed by atoms with Crippen LogP contribution in [0.1, 0.15) is 18.9 Å². The Balaban J connectivity index is 2.13. The Hall–Kier alpha value is -1.36. The van der Waals surface area contributed by atoms with Gasteiger partial charge < -0.3 is 0 Å². The highest BCUT2D eigenvalue weighted by molar-refractivity contribution is 8.01. The summed E-state index contributed by atoms with van der Waals surface area (Å²) in [6.45, 7) is 3.44. The highest BCUT2D eigenvalue weighted by Gasteiger charge is 2.23. The zero-order valence-electron chi connectivity index (χ0n) is 14.5. The van der Waals surface area contributed by atoms with Crippen LogP contribution in [0.25, 0.3) is 0 Å². The highest BCUT2D eigenvalue weighted by atomic mass is 35.5. The van der Waals surface area contributed by atoms with E-state index < -0.39 is 15.9 Å². The summed E-state index contributed by atoms with van der Waals surface area (Å²) in [6.07, 6.45) is 2.06. The molecule has 1 heterocycles. The van der Waals surface area contributed by atoms with Gasteiger partial charge in [0.2, 0.25) is 21.1 Å². The molecule has 0 spiro atoms. The molecule has 26 heavy (non-hydrogen) atoms. The number of nitrogens with one attached hydrogen (secondary N) is 1. The van der Waals surface area contributed by atoms with Crippen LogP contribution in [0.4, 0.5) is 10.8 Å². The summed E-state index contributed by atoms with van der Waals surface area (Å²) >= 11 is 8.75. The molecule has 7 nitrogen and oxygen atoms in total. The molecule has 0 saturated heterocycles. The number of carbonyl (C=O) groups excluding carboxylic acids is 1. The minimum Gasteiger partial charge on any atom is -0.299 e. The number of halogens is 1. The van der Waals surface area contributed by atoms with Crippen molar-refractivity contribution >= 4 is 61.4 Å². The average Bonchev–Trinajstić information content (AvgIpc) is 2.97. The molecule has 0 bridgehead atoms. The molecule has 1 aromatic heterocycles. The van der Waals surface area contributed by atoms with Gasteiger partial charge in [0.15, 0.2) is 4.34 Å². The molecule has 1 aromatic carbocycles. The standard InChI is InChI=1S/C15H19ClN4O3S3/c1-4-7-24-15-19-18-14(25-15)17-13(21)9-20(26(3,22)23)12-6-5-11(16)8-10(12)2/h5-6,8H,4,7,9H2,1-3H3,(H,17,18,21). The van der Waals surface area contributed by atoms with Gasteiger partial charge >= 0.3 is 0 Å². The number of amides is 1. The van der Waals surface area contributed by atoms with E-state index in [1.807, 2.05) is 0 Å². The van der Waals surface area contributed by atoms with Gasteiger partial charge in [0.1, 0.15) is 6.54 Å². The van der Waals surface area contributed by atoms with Crippen LogP contribution in [-0.2, 0) is 14.8 Å². The molecule has 142 valence electrons. The Bertz CT molecular complexity index is 886. The van der Waals surface area contributed by atoms with Crippen molar-refractivity contribution in [2.45, 2.75) is 24.6 Å². The van der Waals surface area contributed by atoms with Gasteiger partial charge in [-0.3, -0.25) is 14.4 Å². The summed E-state index contributed by atoms with van der Waals surface area (Å²) in [7, 11) is -3.65. The Kier molecular flexibility index (Phi) is 7.27. The first-order valence-corrected chi connectivity index (χ1v) is 11.7. The van der Waals surface area contributed by atoms with E-state index in [0.29, 0.717) is 21.4 Å². The minimum atomic E-state index is -3.65. The zero-order chi connectivity index (χ0) is 19.3. The van der Waals surface area contributed by atoms with E-state index in [2.05, 4.69) is 22.4 Å². The maximum Gasteiger partial charge on any atom is 0.246 e. The second kappa shape index (κ2) is 9.03. The summed E-state index contributed by atoms with van der Waals surface area (Å²) in [5.41, 5.74) is 1.06. The van der Waals surface area contributed by atoms with Crippen molar-refractivity contribution in [1.82, 2.24) is 10.2 Å². The molecule has 0 aliphatic heterocycles. The molecule has 1 amide bonds. The molecule has 2 rings (SSSR count). The zero-order valence-corrected chi connectivity index (χ0v) is 17.7. The third-order valence-corrected chi connectivity index (χ3v) is 6.74. The smallest absolute Gasteiger partial charge is 0.246 e. The van der Waals surface area contributed by atoms with Crippen molar-refractivity contribution in [2.75, 3.05) is 28.2 Å². The van der Waals surface area contributed by atoms with Crippen LogP contribution >= 0.6 is 34.7 Å². The topological polar surface area (TPSA) is 92.3 Å². The predicted octanol–water partition coefficient (Wildman–Crippen LogP) is 3.41. The maximum absolute atomic E-state index is 12.3. The summed E-state index contributed by atoms with van der Waals surface area (Å²) in [4.78, 5) is 12.3. The highest BCUT2D eigenvalue weighted by Crippen LogP contribution is 2.27. The molecule has 0 unspecified atom stereocenters. The van der Waals surface area contributed by atoms with Gasteiger partial charge in [-0.05, 0) is 37.1 Å². The monoisotopic (exact) mass is 434 g/mol. The lowest BCUT2D eigenvalue weighted by atomic mass is 10.2. The van der Waals surface area contributed by atoms with E-state index in [-0.39, 0.29) is 6.54 Å². The van der Waals surface area contributed by atoms with E-state index in [9.17, 15) is 13.2 Å². The number of anilines is 2. The van der Waals surface area contributed by atoms with Gasteiger partial charge in [0.25, 0.3) is 0 Å². The van der Waals surface area contributed by atoms with Crippen LogP contribution in [0, 0.1) is 6.92 Å². The largest absolute Gasteiger partial charge is 0.299 e. The normalized spacial score (nSPS) is 11.4.